The predicted molar refractivity (Wildman–Crippen MR) is 101 cm³/mol. The van der Waals surface area contributed by atoms with Crippen LogP contribution in [-0.2, 0) is 11.2 Å². The Balaban J connectivity index is 1.63. The van der Waals surface area contributed by atoms with Gasteiger partial charge in [-0.1, -0.05) is 23.7 Å². The largest absolute Gasteiger partial charge is 0.450 e. The third kappa shape index (κ3) is 6.17. The molecule has 1 amide bonds. The number of likely N-dealkylation sites (tertiary alicyclic amines) is 1. The van der Waals surface area contributed by atoms with Crippen molar-refractivity contribution in [1.82, 2.24) is 15.5 Å². The lowest BCUT2D eigenvalue weighted by Crippen LogP contribution is -2.49. The van der Waals surface area contributed by atoms with Crippen molar-refractivity contribution in [2.45, 2.75) is 32.2 Å². The molecule has 1 aromatic carbocycles. The second kappa shape index (κ2) is 9.69. The van der Waals surface area contributed by atoms with E-state index in [4.69, 9.17) is 28.6 Å². The van der Waals surface area contributed by atoms with Gasteiger partial charge in [-0.15, -0.1) is 0 Å². The van der Waals surface area contributed by atoms with E-state index in [1.165, 1.54) is 5.56 Å². The Kier molecular flexibility index (Phi) is 7.59. The molecular formula is C17H24ClN3O2S. The summed E-state index contributed by atoms with van der Waals surface area (Å²) in [4.78, 5) is 13.4. The predicted octanol–water partition coefficient (Wildman–Crippen LogP) is 2.97. The molecule has 7 heteroatoms. The lowest BCUT2D eigenvalue weighted by molar-refractivity contribution is 0.0963. The maximum Gasteiger partial charge on any atom is 0.409 e. The highest BCUT2D eigenvalue weighted by Crippen LogP contribution is 2.12. The summed E-state index contributed by atoms with van der Waals surface area (Å²) in [5.41, 5.74) is 1.22. The number of benzene rings is 1. The van der Waals surface area contributed by atoms with Crippen molar-refractivity contribution < 1.29 is 9.53 Å². The number of carbonyl (C=O) groups is 1. The summed E-state index contributed by atoms with van der Waals surface area (Å²) >= 11 is 11.2. The van der Waals surface area contributed by atoms with Gasteiger partial charge in [-0.3, -0.25) is 0 Å². The van der Waals surface area contributed by atoms with Crippen LogP contribution in [0.25, 0.3) is 0 Å². The van der Waals surface area contributed by atoms with Gasteiger partial charge in [0.1, 0.15) is 0 Å². The van der Waals surface area contributed by atoms with E-state index in [1.54, 1.807) is 4.90 Å². The molecule has 0 aliphatic carbocycles. The SMILES string of the molecule is CCOC(=O)N1CCC(NC(=S)NCCc2ccc(Cl)cc2)CC1. The minimum Gasteiger partial charge on any atom is -0.450 e. The van der Waals surface area contributed by atoms with Gasteiger partial charge < -0.3 is 20.3 Å². The summed E-state index contributed by atoms with van der Waals surface area (Å²) in [6.07, 6.45) is 2.41. The van der Waals surface area contributed by atoms with Crippen molar-refractivity contribution in [2.75, 3.05) is 26.2 Å². The maximum atomic E-state index is 11.7. The number of thiocarbonyl (C=S) groups is 1. The summed E-state index contributed by atoms with van der Waals surface area (Å²) in [6.45, 7) is 4.40. The number of hydrogen-bond acceptors (Lipinski definition) is 3. The normalized spacial score (nSPS) is 15.0. The molecule has 0 bridgehead atoms. The van der Waals surface area contributed by atoms with E-state index in [2.05, 4.69) is 10.6 Å². The number of nitrogens with zero attached hydrogens (tertiary/aromatic N) is 1. The third-order valence-corrected chi connectivity index (χ3v) is 4.48. The van der Waals surface area contributed by atoms with Gasteiger partial charge in [0.05, 0.1) is 6.61 Å². The number of amides is 1. The maximum absolute atomic E-state index is 11.7. The van der Waals surface area contributed by atoms with Gasteiger partial charge >= 0.3 is 6.09 Å². The first-order valence-electron chi connectivity index (χ1n) is 8.29. The average Bonchev–Trinajstić information content (AvgIpc) is 2.57. The zero-order valence-corrected chi connectivity index (χ0v) is 15.5. The van der Waals surface area contributed by atoms with E-state index in [1.807, 2.05) is 31.2 Å². The number of carbonyl (C=O) groups excluding carboxylic acids is 1. The fourth-order valence-electron chi connectivity index (χ4n) is 2.63. The van der Waals surface area contributed by atoms with Crippen LogP contribution in [0.15, 0.2) is 24.3 Å². The van der Waals surface area contributed by atoms with Crippen LogP contribution >= 0.6 is 23.8 Å². The van der Waals surface area contributed by atoms with Crippen molar-refractivity contribution in [3.63, 3.8) is 0 Å². The Morgan fingerprint density at radius 1 is 1.33 bits per heavy atom. The average molecular weight is 370 g/mol. The topological polar surface area (TPSA) is 53.6 Å². The fourth-order valence-corrected chi connectivity index (χ4v) is 3.02. The molecule has 2 N–H and O–H groups in total. The molecule has 1 saturated heterocycles. The Morgan fingerprint density at radius 3 is 2.62 bits per heavy atom. The van der Waals surface area contributed by atoms with Gasteiger partial charge in [0.25, 0.3) is 0 Å². The minimum absolute atomic E-state index is 0.223. The first kappa shape index (κ1) is 18.8. The van der Waals surface area contributed by atoms with E-state index in [0.717, 1.165) is 30.8 Å². The summed E-state index contributed by atoms with van der Waals surface area (Å²) in [5, 5.41) is 7.97. The quantitative estimate of drug-likeness (QED) is 0.781. The second-order valence-electron chi connectivity index (χ2n) is 5.74. The van der Waals surface area contributed by atoms with Crippen LogP contribution in [0.2, 0.25) is 5.02 Å². The van der Waals surface area contributed by atoms with Crippen LogP contribution in [0.1, 0.15) is 25.3 Å². The monoisotopic (exact) mass is 369 g/mol. The molecule has 5 nitrogen and oxygen atoms in total. The number of rotatable bonds is 5. The number of ether oxygens (including phenoxy) is 1. The zero-order chi connectivity index (χ0) is 17.4. The van der Waals surface area contributed by atoms with Crippen LogP contribution in [-0.4, -0.2) is 48.4 Å². The Hall–Kier alpha value is -1.53. The lowest BCUT2D eigenvalue weighted by atomic mass is 10.1. The Bertz CT molecular complexity index is 545. The van der Waals surface area contributed by atoms with E-state index in [-0.39, 0.29) is 6.09 Å². The molecule has 132 valence electrons. The van der Waals surface area contributed by atoms with E-state index < -0.39 is 0 Å². The van der Waals surface area contributed by atoms with Gasteiger partial charge in [0.15, 0.2) is 5.11 Å². The minimum atomic E-state index is -0.223. The highest BCUT2D eigenvalue weighted by molar-refractivity contribution is 7.80. The Morgan fingerprint density at radius 2 is 2.00 bits per heavy atom. The van der Waals surface area contributed by atoms with Crippen molar-refractivity contribution in [1.29, 1.82) is 0 Å². The molecule has 1 aliphatic rings. The van der Waals surface area contributed by atoms with Crippen LogP contribution in [0, 0.1) is 0 Å². The van der Waals surface area contributed by atoms with Crippen LogP contribution in [0.3, 0.4) is 0 Å². The number of halogens is 1. The van der Waals surface area contributed by atoms with Crippen molar-refractivity contribution >= 4 is 35.0 Å². The molecule has 2 rings (SSSR count). The second-order valence-corrected chi connectivity index (χ2v) is 6.58. The zero-order valence-electron chi connectivity index (χ0n) is 13.9. The van der Waals surface area contributed by atoms with Gasteiger partial charge in [-0.05, 0) is 56.1 Å². The van der Waals surface area contributed by atoms with E-state index in [0.29, 0.717) is 30.9 Å². The standard InChI is InChI=1S/C17H24ClN3O2S/c1-2-23-17(22)21-11-8-15(9-12-21)20-16(24)19-10-7-13-3-5-14(18)6-4-13/h3-6,15H,2,7-12H2,1H3,(H2,19,20,24). The van der Waals surface area contributed by atoms with Gasteiger partial charge in [0.2, 0.25) is 0 Å². The molecule has 0 spiro atoms. The molecule has 1 aliphatic heterocycles. The van der Waals surface area contributed by atoms with E-state index >= 15 is 0 Å². The fraction of sp³-hybridized carbons (Fsp3) is 0.529. The van der Waals surface area contributed by atoms with Crippen molar-refractivity contribution in [3.8, 4) is 0 Å². The number of nitrogens with one attached hydrogen (secondary N) is 2. The number of hydrogen-bond donors (Lipinski definition) is 2. The highest BCUT2D eigenvalue weighted by Gasteiger charge is 2.23. The summed E-state index contributed by atoms with van der Waals surface area (Å²) < 4.78 is 5.02. The molecule has 24 heavy (non-hydrogen) atoms. The van der Waals surface area contributed by atoms with E-state index in [9.17, 15) is 4.79 Å². The molecule has 0 radical (unpaired) electrons. The molecule has 1 heterocycles. The Labute approximate surface area is 153 Å². The molecule has 0 saturated carbocycles. The van der Waals surface area contributed by atoms with Crippen LogP contribution in [0.4, 0.5) is 4.79 Å². The van der Waals surface area contributed by atoms with Gasteiger partial charge in [-0.25, -0.2) is 4.79 Å². The number of piperidine rings is 1. The molecule has 0 unspecified atom stereocenters. The summed E-state index contributed by atoms with van der Waals surface area (Å²) in [6, 6.07) is 8.12. The van der Waals surface area contributed by atoms with Gasteiger partial charge in [-0.2, -0.15) is 0 Å². The molecule has 0 atom stereocenters. The summed E-state index contributed by atoms with van der Waals surface area (Å²) in [7, 11) is 0. The molecular weight excluding hydrogens is 346 g/mol. The first-order chi connectivity index (χ1) is 11.6. The smallest absolute Gasteiger partial charge is 0.409 e. The van der Waals surface area contributed by atoms with Crippen molar-refractivity contribution in [3.05, 3.63) is 34.9 Å². The summed E-state index contributed by atoms with van der Waals surface area (Å²) in [5.74, 6) is 0. The highest BCUT2D eigenvalue weighted by atomic mass is 35.5. The first-order valence-corrected chi connectivity index (χ1v) is 9.07. The third-order valence-electron chi connectivity index (χ3n) is 3.97. The molecule has 1 fully saturated rings. The van der Waals surface area contributed by atoms with Crippen molar-refractivity contribution in [2.24, 2.45) is 0 Å². The molecule has 0 aromatic heterocycles. The van der Waals surface area contributed by atoms with Gasteiger partial charge in [0, 0.05) is 30.7 Å². The molecule has 1 aromatic rings. The van der Waals surface area contributed by atoms with Crippen LogP contribution in [0.5, 0.6) is 0 Å². The lowest BCUT2D eigenvalue weighted by Gasteiger charge is -2.32. The van der Waals surface area contributed by atoms with Crippen LogP contribution < -0.4 is 10.6 Å².